The lowest BCUT2D eigenvalue weighted by Crippen LogP contribution is -2.25. The lowest BCUT2D eigenvalue weighted by molar-refractivity contribution is 0.530. The number of anilines is 1. The molecule has 0 bridgehead atoms. The topological polar surface area (TPSA) is 72.2 Å². The smallest absolute Gasteiger partial charge is 0.242 e. The molecule has 0 atom stereocenters. The number of rotatable bonds is 7. The van der Waals surface area contributed by atoms with Crippen molar-refractivity contribution in [3.63, 3.8) is 0 Å². The van der Waals surface area contributed by atoms with Crippen molar-refractivity contribution in [3.05, 3.63) is 22.7 Å². The highest BCUT2D eigenvalue weighted by Crippen LogP contribution is 2.22. The number of halogens is 1. The molecule has 0 aromatic heterocycles. The first-order valence-corrected chi connectivity index (χ1v) is 8.65. The van der Waals surface area contributed by atoms with Gasteiger partial charge in [-0.2, -0.15) is 0 Å². The van der Waals surface area contributed by atoms with Crippen LogP contribution in [-0.4, -0.2) is 15.0 Å². The van der Waals surface area contributed by atoms with Crippen LogP contribution < -0.4 is 10.5 Å². The number of unbranched alkanes of at least 4 members (excludes halogenated alkanes) is 1. The Kier molecular flexibility index (Phi) is 6.29. The summed E-state index contributed by atoms with van der Waals surface area (Å²) in [4.78, 5) is 0.130. The quantitative estimate of drug-likeness (QED) is 0.587. The van der Waals surface area contributed by atoms with Crippen molar-refractivity contribution in [2.45, 2.75) is 38.0 Å². The Balaban J connectivity index is 2.59. The fraction of sp³-hybridized carbons (Fsp3) is 0.538. The predicted molar refractivity (Wildman–Crippen MR) is 82.4 cm³/mol. The number of benzene rings is 1. The molecule has 3 N–H and O–H groups in total. The summed E-state index contributed by atoms with van der Waals surface area (Å²) in [5, 5.41) is 0. The molecule has 0 aliphatic rings. The number of nitrogens with one attached hydrogen (secondary N) is 1. The van der Waals surface area contributed by atoms with Crippen molar-refractivity contribution in [1.82, 2.24) is 4.72 Å². The van der Waals surface area contributed by atoms with Gasteiger partial charge in [-0.25, -0.2) is 13.1 Å². The average Bonchev–Trinajstić information content (AvgIpc) is 2.31. The highest BCUT2D eigenvalue weighted by Gasteiger charge is 2.17. The Bertz CT molecular complexity index is 515. The second-order valence-electron chi connectivity index (χ2n) is 4.97. The molecule has 0 aliphatic carbocycles. The maximum absolute atomic E-state index is 12.1. The highest BCUT2D eigenvalue weighted by atomic mass is 79.9. The molecule has 1 aromatic carbocycles. The highest BCUT2D eigenvalue weighted by molar-refractivity contribution is 9.10. The minimum atomic E-state index is -3.52. The first kappa shape index (κ1) is 16.5. The van der Waals surface area contributed by atoms with E-state index in [1.165, 1.54) is 6.07 Å². The molecule has 19 heavy (non-hydrogen) atoms. The summed E-state index contributed by atoms with van der Waals surface area (Å²) in [6.45, 7) is 4.76. The molecule has 0 fully saturated rings. The van der Waals surface area contributed by atoms with Gasteiger partial charge < -0.3 is 5.73 Å². The van der Waals surface area contributed by atoms with E-state index >= 15 is 0 Å². The molecule has 6 heteroatoms. The number of nitrogens with two attached hydrogens (primary N) is 1. The Morgan fingerprint density at radius 2 is 2.00 bits per heavy atom. The Morgan fingerprint density at radius 1 is 1.32 bits per heavy atom. The first-order chi connectivity index (χ1) is 8.83. The van der Waals surface area contributed by atoms with E-state index in [1.54, 1.807) is 12.1 Å². The van der Waals surface area contributed by atoms with Crippen LogP contribution in [0.5, 0.6) is 0 Å². The molecule has 0 amide bonds. The van der Waals surface area contributed by atoms with Gasteiger partial charge in [-0.3, -0.25) is 0 Å². The summed E-state index contributed by atoms with van der Waals surface area (Å²) in [5.41, 5.74) is 5.97. The van der Waals surface area contributed by atoms with Gasteiger partial charge in [-0.1, -0.05) is 42.6 Å². The van der Waals surface area contributed by atoms with Crippen molar-refractivity contribution in [3.8, 4) is 0 Å². The first-order valence-electron chi connectivity index (χ1n) is 6.37. The third kappa shape index (κ3) is 5.50. The third-order valence-electron chi connectivity index (χ3n) is 2.77. The van der Waals surface area contributed by atoms with Gasteiger partial charge in [0.15, 0.2) is 0 Å². The van der Waals surface area contributed by atoms with Crippen LogP contribution in [-0.2, 0) is 10.0 Å². The molecular formula is C13H21BrN2O2S. The van der Waals surface area contributed by atoms with Crippen LogP contribution in [0.4, 0.5) is 5.69 Å². The molecule has 4 nitrogen and oxygen atoms in total. The van der Waals surface area contributed by atoms with Gasteiger partial charge in [-0.05, 0) is 30.5 Å². The van der Waals surface area contributed by atoms with Crippen LogP contribution in [0.1, 0.15) is 33.1 Å². The number of hydrogen-bond donors (Lipinski definition) is 2. The molecule has 0 saturated heterocycles. The van der Waals surface area contributed by atoms with Gasteiger partial charge in [0.05, 0.1) is 5.69 Å². The third-order valence-corrected chi connectivity index (χ3v) is 4.78. The molecule has 0 saturated carbocycles. The van der Waals surface area contributed by atoms with Crippen molar-refractivity contribution < 1.29 is 8.42 Å². The van der Waals surface area contributed by atoms with Crippen molar-refractivity contribution in [1.29, 1.82) is 0 Å². The fourth-order valence-corrected chi connectivity index (χ4v) is 3.44. The minimum Gasteiger partial charge on any atom is -0.398 e. The summed E-state index contributed by atoms with van der Waals surface area (Å²) in [6, 6.07) is 4.82. The van der Waals surface area contributed by atoms with Crippen LogP contribution in [0, 0.1) is 5.92 Å². The molecular weight excluding hydrogens is 328 g/mol. The molecule has 0 aliphatic heterocycles. The van der Waals surface area contributed by atoms with Crippen LogP contribution in [0.2, 0.25) is 0 Å². The van der Waals surface area contributed by atoms with Gasteiger partial charge in [0.25, 0.3) is 0 Å². The Morgan fingerprint density at radius 3 is 2.63 bits per heavy atom. The lowest BCUT2D eigenvalue weighted by atomic mass is 10.1. The molecule has 108 valence electrons. The largest absolute Gasteiger partial charge is 0.398 e. The molecule has 0 radical (unpaired) electrons. The average molecular weight is 349 g/mol. The maximum atomic E-state index is 12.1. The van der Waals surface area contributed by atoms with Crippen LogP contribution in [0.15, 0.2) is 27.6 Å². The Hall–Kier alpha value is -0.590. The maximum Gasteiger partial charge on any atom is 0.242 e. The zero-order valence-electron chi connectivity index (χ0n) is 11.3. The van der Waals surface area contributed by atoms with E-state index in [9.17, 15) is 8.42 Å². The fourth-order valence-electron chi connectivity index (χ4n) is 1.70. The van der Waals surface area contributed by atoms with Crippen LogP contribution in [0.25, 0.3) is 0 Å². The van der Waals surface area contributed by atoms with E-state index in [2.05, 4.69) is 34.5 Å². The van der Waals surface area contributed by atoms with E-state index in [0.29, 0.717) is 16.9 Å². The van der Waals surface area contributed by atoms with E-state index in [1.807, 2.05) is 0 Å². The lowest BCUT2D eigenvalue weighted by Gasteiger charge is -2.10. The summed E-state index contributed by atoms with van der Waals surface area (Å²) in [7, 11) is -3.52. The van der Waals surface area contributed by atoms with E-state index in [-0.39, 0.29) is 10.6 Å². The van der Waals surface area contributed by atoms with Gasteiger partial charge in [0, 0.05) is 11.0 Å². The predicted octanol–water partition coefficient (Wildman–Crippen LogP) is 3.14. The van der Waals surface area contributed by atoms with Crippen molar-refractivity contribution >= 4 is 31.6 Å². The number of nitrogen functional groups attached to an aromatic ring is 1. The van der Waals surface area contributed by atoms with E-state index in [4.69, 9.17) is 5.73 Å². The summed E-state index contributed by atoms with van der Waals surface area (Å²) in [5.74, 6) is 0.650. The van der Waals surface area contributed by atoms with Crippen molar-refractivity contribution in [2.75, 3.05) is 12.3 Å². The second kappa shape index (κ2) is 7.26. The Labute approximate surface area is 124 Å². The molecule has 1 rings (SSSR count). The molecule has 0 spiro atoms. The van der Waals surface area contributed by atoms with Crippen LogP contribution in [0.3, 0.4) is 0 Å². The van der Waals surface area contributed by atoms with Crippen molar-refractivity contribution in [2.24, 2.45) is 5.92 Å². The van der Waals surface area contributed by atoms with E-state index < -0.39 is 10.0 Å². The zero-order chi connectivity index (χ0) is 14.5. The summed E-state index contributed by atoms with van der Waals surface area (Å²) >= 11 is 3.25. The normalized spacial score (nSPS) is 12.0. The monoisotopic (exact) mass is 348 g/mol. The van der Waals surface area contributed by atoms with Crippen LogP contribution >= 0.6 is 15.9 Å². The summed E-state index contributed by atoms with van der Waals surface area (Å²) in [6.07, 6.45) is 2.97. The SMILES string of the molecule is CC(C)CCCCNS(=O)(=O)c1cc(Br)ccc1N. The van der Waals surface area contributed by atoms with E-state index in [0.717, 1.165) is 19.3 Å². The minimum absolute atomic E-state index is 0.130. The number of hydrogen-bond acceptors (Lipinski definition) is 3. The molecule has 0 unspecified atom stereocenters. The molecule has 1 aromatic rings. The second-order valence-corrected chi connectivity index (χ2v) is 7.62. The zero-order valence-corrected chi connectivity index (χ0v) is 13.7. The summed E-state index contributed by atoms with van der Waals surface area (Å²) < 4.78 is 27.5. The van der Waals surface area contributed by atoms with Gasteiger partial charge >= 0.3 is 0 Å². The van der Waals surface area contributed by atoms with Gasteiger partial charge in [0.2, 0.25) is 10.0 Å². The van der Waals surface area contributed by atoms with Gasteiger partial charge in [0.1, 0.15) is 4.90 Å². The number of sulfonamides is 1. The standard InChI is InChI=1S/C13H21BrN2O2S/c1-10(2)5-3-4-8-16-19(17,18)13-9-11(14)6-7-12(13)15/h6-7,9-10,16H,3-5,8,15H2,1-2H3. The molecule has 0 heterocycles. The van der Waals surface area contributed by atoms with Gasteiger partial charge in [-0.15, -0.1) is 0 Å².